The number of nitrogens with one attached hydrogen (secondary N) is 1. The molecule has 30 heavy (non-hydrogen) atoms. The molecule has 1 heterocycles. The lowest BCUT2D eigenvalue weighted by atomic mass is 9.93. The van der Waals surface area contributed by atoms with Crippen LogP contribution in [0.4, 0.5) is 19.3 Å². The van der Waals surface area contributed by atoms with Crippen LogP contribution in [0.15, 0.2) is 53.7 Å². The molecule has 3 rings (SSSR count). The maximum absolute atomic E-state index is 14.5. The van der Waals surface area contributed by atoms with E-state index >= 15 is 0 Å². The molecular formula is C20H17F2N3O5. The summed E-state index contributed by atoms with van der Waals surface area (Å²) in [6, 6.07) is 7.92. The number of methoxy groups -OCH3 is 1. The SMILES string of the molecule is COC(=O)C1=C(C)N(Cc2ccccc2)C(=O)NC1c1cc([N+](=O)[O-])c(F)cc1F. The topological polar surface area (TPSA) is 102 Å². The van der Waals surface area contributed by atoms with Crippen molar-refractivity contribution in [2.75, 3.05) is 7.11 Å². The molecule has 0 bridgehead atoms. The van der Waals surface area contributed by atoms with Crippen molar-refractivity contribution in [3.8, 4) is 0 Å². The summed E-state index contributed by atoms with van der Waals surface area (Å²) in [4.78, 5) is 36.5. The zero-order valence-electron chi connectivity index (χ0n) is 16.0. The Labute approximate surface area is 169 Å². The molecule has 156 valence electrons. The standard InChI is InChI=1S/C20H17F2N3O5/c1-11-17(19(26)30-2)18(13-8-16(25(28)29)15(22)9-14(13)21)23-20(27)24(11)10-12-6-4-3-5-7-12/h3-9,18H,10H2,1-2H3,(H,23,27). The minimum atomic E-state index is -1.39. The van der Waals surface area contributed by atoms with Crippen LogP contribution in [0.5, 0.6) is 0 Å². The number of urea groups is 1. The van der Waals surface area contributed by atoms with E-state index in [9.17, 15) is 28.5 Å². The molecule has 1 aliphatic rings. The number of allylic oxidation sites excluding steroid dienone is 1. The first-order chi connectivity index (χ1) is 14.2. The van der Waals surface area contributed by atoms with Gasteiger partial charge in [0.05, 0.1) is 30.2 Å². The molecule has 0 radical (unpaired) electrons. The third-order valence-electron chi connectivity index (χ3n) is 4.76. The number of rotatable bonds is 5. The van der Waals surface area contributed by atoms with E-state index in [0.717, 1.165) is 12.7 Å². The lowest BCUT2D eigenvalue weighted by Crippen LogP contribution is -2.47. The Morgan fingerprint density at radius 1 is 1.23 bits per heavy atom. The summed E-state index contributed by atoms with van der Waals surface area (Å²) in [5.74, 6) is -3.37. The Morgan fingerprint density at radius 2 is 1.90 bits per heavy atom. The second-order valence-corrected chi connectivity index (χ2v) is 6.53. The molecule has 1 unspecified atom stereocenters. The van der Waals surface area contributed by atoms with E-state index in [1.54, 1.807) is 24.3 Å². The summed E-state index contributed by atoms with van der Waals surface area (Å²) >= 11 is 0. The Bertz CT molecular complexity index is 1060. The van der Waals surface area contributed by atoms with E-state index in [4.69, 9.17) is 4.74 Å². The van der Waals surface area contributed by atoms with Gasteiger partial charge in [-0.25, -0.2) is 14.0 Å². The number of nitrogens with zero attached hydrogens (tertiary/aromatic N) is 2. The van der Waals surface area contributed by atoms with E-state index in [2.05, 4.69) is 5.32 Å². The summed E-state index contributed by atoms with van der Waals surface area (Å²) < 4.78 is 33.0. The first-order valence-corrected chi connectivity index (χ1v) is 8.79. The normalized spacial score (nSPS) is 16.3. The second-order valence-electron chi connectivity index (χ2n) is 6.53. The molecule has 0 saturated carbocycles. The van der Waals surface area contributed by atoms with E-state index in [0.29, 0.717) is 12.1 Å². The van der Waals surface area contributed by atoms with E-state index in [1.807, 2.05) is 6.07 Å². The molecule has 0 spiro atoms. The molecule has 1 atom stereocenters. The second kappa shape index (κ2) is 8.27. The highest BCUT2D eigenvalue weighted by molar-refractivity contribution is 5.95. The van der Waals surface area contributed by atoms with Crippen LogP contribution < -0.4 is 5.32 Å². The number of halogens is 2. The Kier molecular flexibility index (Phi) is 5.77. The van der Waals surface area contributed by atoms with Crippen LogP contribution in [0, 0.1) is 21.7 Å². The van der Waals surface area contributed by atoms with Crippen LogP contribution >= 0.6 is 0 Å². The molecule has 8 nitrogen and oxygen atoms in total. The minimum Gasteiger partial charge on any atom is -0.466 e. The smallest absolute Gasteiger partial charge is 0.337 e. The van der Waals surface area contributed by atoms with Crippen LogP contribution in [-0.2, 0) is 16.1 Å². The average Bonchev–Trinajstić information content (AvgIpc) is 2.71. The molecule has 2 aromatic rings. The van der Waals surface area contributed by atoms with Crippen molar-refractivity contribution in [3.05, 3.63) is 86.6 Å². The van der Waals surface area contributed by atoms with Crippen molar-refractivity contribution in [1.29, 1.82) is 0 Å². The van der Waals surface area contributed by atoms with Gasteiger partial charge >= 0.3 is 17.7 Å². The first kappa shape index (κ1) is 20.9. The number of benzene rings is 2. The zero-order valence-corrected chi connectivity index (χ0v) is 16.0. The fourth-order valence-electron chi connectivity index (χ4n) is 3.26. The average molecular weight is 417 g/mol. The highest BCUT2D eigenvalue weighted by Gasteiger charge is 2.38. The van der Waals surface area contributed by atoms with Gasteiger partial charge in [0, 0.05) is 23.4 Å². The van der Waals surface area contributed by atoms with Crippen molar-refractivity contribution in [3.63, 3.8) is 0 Å². The van der Waals surface area contributed by atoms with Gasteiger partial charge < -0.3 is 10.1 Å². The molecule has 0 saturated heterocycles. The molecule has 0 aromatic heterocycles. The first-order valence-electron chi connectivity index (χ1n) is 8.79. The highest BCUT2D eigenvalue weighted by atomic mass is 19.1. The molecule has 1 N–H and O–H groups in total. The van der Waals surface area contributed by atoms with Gasteiger partial charge in [-0.1, -0.05) is 30.3 Å². The van der Waals surface area contributed by atoms with Crippen molar-refractivity contribution in [1.82, 2.24) is 10.2 Å². The van der Waals surface area contributed by atoms with Crippen LogP contribution in [0.25, 0.3) is 0 Å². The van der Waals surface area contributed by atoms with Gasteiger partial charge in [-0.15, -0.1) is 0 Å². The van der Waals surface area contributed by atoms with Crippen LogP contribution in [0.1, 0.15) is 24.1 Å². The van der Waals surface area contributed by atoms with Crippen molar-refractivity contribution in [2.24, 2.45) is 0 Å². The van der Waals surface area contributed by atoms with Gasteiger partial charge in [0.1, 0.15) is 5.82 Å². The third-order valence-corrected chi connectivity index (χ3v) is 4.76. The number of hydrogen-bond donors (Lipinski definition) is 1. The Balaban J connectivity index is 2.12. The van der Waals surface area contributed by atoms with E-state index < -0.39 is 45.9 Å². The third kappa shape index (κ3) is 3.84. The lowest BCUT2D eigenvalue weighted by Gasteiger charge is -2.35. The van der Waals surface area contributed by atoms with Gasteiger partial charge in [0.15, 0.2) is 0 Å². The predicted molar refractivity (Wildman–Crippen MR) is 101 cm³/mol. The van der Waals surface area contributed by atoms with Crippen molar-refractivity contribution in [2.45, 2.75) is 19.5 Å². The number of ether oxygens (including phenoxy) is 1. The number of carbonyl (C=O) groups excluding carboxylic acids is 2. The zero-order chi connectivity index (χ0) is 22.0. The number of nitro groups is 1. The largest absolute Gasteiger partial charge is 0.466 e. The number of nitro benzene ring substituents is 1. The molecule has 0 aliphatic carbocycles. The number of amides is 2. The van der Waals surface area contributed by atoms with Crippen molar-refractivity contribution >= 4 is 17.7 Å². The summed E-state index contributed by atoms with van der Waals surface area (Å²) in [7, 11) is 1.11. The van der Waals surface area contributed by atoms with Gasteiger partial charge in [-0.2, -0.15) is 4.39 Å². The highest BCUT2D eigenvalue weighted by Crippen LogP contribution is 2.35. The van der Waals surface area contributed by atoms with Gasteiger partial charge in [0.25, 0.3) is 0 Å². The lowest BCUT2D eigenvalue weighted by molar-refractivity contribution is -0.387. The van der Waals surface area contributed by atoms with Crippen molar-refractivity contribution < 1.29 is 28.0 Å². The summed E-state index contributed by atoms with van der Waals surface area (Å²) in [5.41, 5.74) is -0.554. The summed E-state index contributed by atoms with van der Waals surface area (Å²) in [6.07, 6.45) is 0. The molecular weight excluding hydrogens is 400 g/mol. The number of hydrogen-bond acceptors (Lipinski definition) is 5. The summed E-state index contributed by atoms with van der Waals surface area (Å²) in [6.45, 7) is 1.61. The van der Waals surface area contributed by atoms with Gasteiger partial charge in [0.2, 0.25) is 5.82 Å². The molecule has 2 amide bonds. The minimum absolute atomic E-state index is 0.118. The molecule has 2 aromatic carbocycles. The maximum Gasteiger partial charge on any atom is 0.337 e. The Morgan fingerprint density at radius 3 is 2.50 bits per heavy atom. The van der Waals surface area contributed by atoms with Gasteiger partial charge in [-0.3, -0.25) is 15.0 Å². The molecule has 10 heteroatoms. The van der Waals surface area contributed by atoms with E-state index in [-0.39, 0.29) is 17.8 Å². The van der Waals surface area contributed by atoms with Crippen LogP contribution in [0.3, 0.4) is 0 Å². The number of carbonyl (C=O) groups is 2. The monoisotopic (exact) mass is 417 g/mol. The van der Waals surface area contributed by atoms with Gasteiger partial charge in [-0.05, 0) is 12.5 Å². The predicted octanol–water partition coefficient (Wildman–Crippen LogP) is 3.59. The number of esters is 1. The summed E-state index contributed by atoms with van der Waals surface area (Å²) in [5, 5.41) is 13.5. The Hall–Kier alpha value is -3.82. The van der Waals surface area contributed by atoms with E-state index in [1.165, 1.54) is 11.8 Å². The maximum atomic E-state index is 14.5. The fourth-order valence-corrected chi connectivity index (χ4v) is 3.26. The van der Waals surface area contributed by atoms with Crippen LogP contribution in [0.2, 0.25) is 0 Å². The quantitative estimate of drug-likeness (QED) is 0.455. The van der Waals surface area contributed by atoms with Crippen LogP contribution in [-0.4, -0.2) is 28.9 Å². The molecule has 0 fully saturated rings. The fraction of sp³-hybridized carbons (Fsp3) is 0.200. The molecule has 1 aliphatic heterocycles.